The van der Waals surface area contributed by atoms with Crippen LogP contribution < -0.4 is 5.32 Å². The van der Waals surface area contributed by atoms with E-state index in [0.717, 1.165) is 13.1 Å². The summed E-state index contributed by atoms with van der Waals surface area (Å²) in [6.07, 6.45) is 1.26. The van der Waals surface area contributed by atoms with Crippen molar-refractivity contribution in [2.45, 2.75) is 25.7 Å². The molecule has 0 amide bonds. The highest BCUT2D eigenvalue weighted by atomic mass is 14.9. The van der Waals surface area contributed by atoms with Crippen LogP contribution in [0, 0.1) is 6.92 Å². The van der Waals surface area contributed by atoms with Gasteiger partial charge in [-0.05, 0) is 25.5 Å². The van der Waals surface area contributed by atoms with Crippen LogP contribution in [0.15, 0.2) is 24.3 Å². The first kappa shape index (κ1) is 8.76. The molecule has 1 N–H and O–H groups in total. The minimum atomic E-state index is 0.369. The van der Waals surface area contributed by atoms with Crippen molar-refractivity contribution in [1.82, 2.24) is 5.32 Å². The topological polar surface area (TPSA) is 12.0 Å². The maximum atomic E-state index is 3.43. The monoisotopic (exact) mass is 175 g/mol. The summed E-state index contributed by atoms with van der Waals surface area (Å²) in [5.41, 5.74) is 3.19. The van der Waals surface area contributed by atoms with Crippen molar-refractivity contribution in [2.75, 3.05) is 13.1 Å². The van der Waals surface area contributed by atoms with Crippen LogP contribution in [0.25, 0.3) is 0 Å². The van der Waals surface area contributed by atoms with Crippen molar-refractivity contribution in [1.29, 1.82) is 0 Å². The van der Waals surface area contributed by atoms with Gasteiger partial charge in [-0.25, -0.2) is 0 Å². The molecule has 1 aromatic rings. The molecule has 1 fully saturated rings. The lowest BCUT2D eigenvalue weighted by Crippen LogP contribution is -2.24. The van der Waals surface area contributed by atoms with Crippen molar-refractivity contribution in [2.24, 2.45) is 0 Å². The normalized spacial score (nSPS) is 27.8. The third kappa shape index (κ3) is 1.61. The number of hydrogen-bond donors (Lipinski definition) is 1. The SMILES string of the molecule is Cc1ccc(C2(C)CCNC2)cc1. The molecule has 1 heteroatoms. The maximum absolute atomic E-state index is 3.43. The lowest BCUT2D eigenvalue weighted by Gasteiger charge is -2.23. The number of nitrogens with one attached hydrogen (secondary N) is 1. The molecular formula is C12H17N. The fourth-order valence-electron chi connectivity index (χ4n) is 2.02. The van der Waals surface area contributed by atoms with Gasteiger partial charge in [-0.15, -0.1) is 0 Å². The number of hydrogen-bond acceptors (Lipinski definition) is 1. The quantitative estimate of drug-likeness (QED) is 0.690. The first-order valence-corrected chi connectivity index (χ1v) is 4.99. The Morgan fingerprint density at radius 1 is 1.23 bits per heavy atom. The lowest BCUT2D eigenvalue weighted by atomic mass is 9.82. The molecule has 0 aromatic heterocycles. The van der Waals surface area contributed by atoms with E-state index in [1.807, 2.05) is 0 Å². The van der Waals surface area contributed by atoms with E-state index < -0.39 is 0 Å². The zero-order valence-corrected chi connectivity index (χ0v) is 8.43. The predicted molar refractivity (Wildman–Crippen MR) is 56.0 cm³/mol. The molecule has 0 aliphatic carbocycles. The summed E-state index contributed by atoms with van der Waals surface area (Å²) >= 11 is 0. The third-order valence-corrected chi connectivity index (χ3v) is 3.12. The van der Waals surface area contributed by atoms with Crippen molar-refractivity contribution in [3.63, 3.8) is 0 Å². The minimum Gasteiger partial charge on any atom is -0.316 e. The third-order valence-electron chi connectivity index (χ3n) is 3.12. The molecule has 0 bridgehead atoms. The fourth-order valence-corrected chi connectivity index (χ4v) is 2.02. The van der Waals surface area contributed by atoms with E-state index in [-0.39, 0.29) is 0 Å². The van der Waals surface area contributed by atoms with E-state index in [1.165, 1.54) is 17.5 Å². The highest BCUT2D eigenvalue weighted by molar-refractivity contribution is 5.29. The summed E-state index contributed by atoms with van der Waals surface area (Å²) in [7, 11) is 0. The molecule has 13 heavy (non-hydrogen) atoms. The van der Waals surface area contributed by atoms with Crippen LogP contribution in [0.2, 0.25) is 0 Å². The number of rotatable bonds is 1. The Labute approximate surface area is 80.2 Å². The standard InChI is InChI=1S/C12H17N/c1-10-3-5-11(6-4-10)12(2)7-8-13-9-12/h3-6,13H,7-9H2,1-2H3. The molecule has 1 heterocycles. The second-order valence-corrected chi connectivity index (χ2v) is 4.35. The zero-order valence-electron chi connectivity index (χ0n) is 8.43. The van der Waals surface area contributed by atoms with Gasteiger partial charge in [0.1, 0.15) is 0 Å². The lowest BCUT2D eigenvalue weighted by molar-refractivity contribution is 0.525. The minimum absolute atomic E-state index is 0.369. The van der Waals surface area contributed by atoms with Crippen LogP contribution >= 0.6 is 0 Å². The molecule has 1 saturated heterocycles. The molecule has 0 saturated carbocycles. The Kier molecular flexibility index (Phi) is 2.12. The largest absolute Gasteiger partial charge is 0.316 e. The number of benzene rings is 1. The fraction of sp³-hybridized carbons (Fsp3) is 0.500. The van der Waals surface area contributed by atoms with Gasteiger partial charge in [0.05, 0.1) is 0 Å². The van der Waals surface area contributed by atoms with Gasteiger partial charge in [-0.3, -0.25) is 0 Å². The van der Waals surface area contributed by atoms with E-state index in [9.17, 15) is 0 Å². The van der Waals surface area contributed by atoms with E-state index in [0.29, 0.717) is 5.41 Å². The summed E-state index contributed by atoms with van der Waals surface area (Å²) < 4.78 is 0. The van der Waals surface area contributed by atoms with Gasteiger partial charge in [-0.1, -0.05) is 36.8 Å². The van der Waals surface area contributed by atoms with Gasteiger partial charge in [-0.2, -0.15) is 0 Å². The zero-order chi connectivity index (χ0) is 9.31. The molecule has 1 nitrogen and oxygen atoms in total. The van der Waals surface area contributed by atoms with Gasteiger partial charge in [0.2, 0.25) is 0 Å². The van der Waals surface area contributed by atoms with Gasteiger partial charge in [0.25, 0.3) is 0 Å². The van der Waals surface area contributed by atoms with Crippen LogP contribution in [0.5, 0.6) is 0 Å². The highest BCUT2D eigenvalue weighted by Gasteiger charge is 2.29. The van der Waals surface area contributed by atoms with Gasteiger partial charge < -0.3 is 5.32 Å². The predicted octanol–water partition coefficient (Wildman–Crippen LogP) is 2.25. The van der Waals surface area contributed by atoms with E-state index in [4.69, 9.17) is 0 Å². The second-order valence-electron chi connectivity index (χ2n) is 4.35. The maximum Gasteiger partial charge on any atom is 0.00615 e. The molecular weight excluding hydrogens is 158 g/mol. The first-order valence-electron chi connectivity index (χ1n) is 4.99. The molecule has 1 atom stereocenters. The Bertz CT molecular complexity index is 280. The van der Waals surface area contributed by atoms with Crippen molar-refractivity contribution >= 4 is 0 Å². The molecule has 1 aromatic carbocycles. The average Bonchev–Trinajstić information content (AvgIpc) is 2.54. The smallest absolute Gasteiger partial charge is 0.00615 e. The number of aryl methyl sites for hydroxylation is 1. The highest BCUT2D eigenvalue weighted by Crippen LogP contribution is 2.29. The first-order chi connectivity index (χ1) is 6.21. The summed E-state index contributed by atoms with van der Waals surface area (Å²) in [4.78, 5) is 0. The Hall–Kier alpha value is -0.820. The molecule has 2 rings (SSSR count). The van der Waals surface area contributed by atoms with Crippen LogP contribution in [0.1, 0.15) is 24.5 Å². The van der Waals surface area contributed by atoms with Crippen molar-refractivity contribution < 1.29 is 0 Å². The van der Waals surface area contributed by atoms with Crippen molar-refractivity contribution in [3.8, 4) is 0 Å². The van der Waals surface area contributed by atoms with Gasteiger partial charge >= 0.3 is 0 Å². The molecule has 0 spiro atoms. The van der Waals surface area contributed by atoms with Crippen LogP contribution in [0.3, 0.4) is 0 Å². The summed E-state index contributed by atoms with van der Waals surface area (Å²) in [6, 6.07) is 8.95. The van der Waals surface area contributed by atoms with E-state index in [2.05, 4.69) is 43.4 Å². The Balaban J connectivity index is 2.29. The Morgan fingerprint density at radius 3 is 2.46 bits per heavy atom. The summed E-state index contributed by atoms with van der Waals surface area (Å²) in [5.74, 6) is 0. The molecule has 1 unspecified atom stereocenters. The molecule has 1 aliphatic rings. The Morgan fingerprint density at radius 2 is 1.92 bits per heavy atom. The summed E-state index contributed by atoms with van der Waals surface area (Å²) in [5, 5.41) is 3.43. The summed E-state index contributed by atoms with van der Waals surface area (Å²) in [6.45, 7) is 6.76. The van der Waals surface area contributed by atoms with Crippen LogP contribution in [0.4, 0.5) is 0 Å². The van der Waals surface area contributed by atoms with Crippen LogP contribution in [-0.2, 0) is 5.41 Å². The second kappa shape index (κ2) is 3.15. The van der Waals surface area contributed by atoms with Crippen LogP contribution in [-0.4, -0.2) is 13.1 Å². The molecule has 1 aliphatic heterocycles. The van der Waals surface area contributed by atoms with Crippen molar-refractivity contribution in [3.05, 3.63) is 35.4 Å². The van der Waals surface area contributed by atoms with Gasteiger partial charge in [0.15, 0.2) is 0 Å². The average molecular weight is 175 g/mol. The van der Waals surface area contributed by atoms with E-state index in [1.54, 1.807) is 0 Å². The molecule has 70 valence electrons. The van der Waals surface area contributed by atoms with E-state index >= 15 is 0 Å². The molecule has 0 radical (unpaired) electrons. The van der Waals surface area contributed by atoms with Gasteiger partial charge in [0, 0.05) is 12.0 Å².